The average Bonchev–Trinajstić information content (AvgIpc) is 3.23. The quantitative estimate of drug-likeness (QED) is 0.635. The van der Waals surface area contributed by atoms with E-state index >= 15 is 0 Å². The van der Waals surface area contributed by atoms with Crippen LogP contribution in [-0.4, -0.2) is 37.1 Å². The molecule has 154 valence electrons. The summed E-state index contributed by atoms with van der Waals surface area (Å²) in [6.07, 6.45) is 0.953. The molecule has 1 N–H and O–H groups in total. The first-order valence-electron chi connectivity index (χ1n) is 9.93. The molecular formula is C23H21ClN2O3S. The zero-order valence-corrected chi connectivity index (χ0v) is 17.8. The third kappa shape index (κ3) is 3.78. The zero-order valence-electron chi connectivity index (χ0n) is 16.3. The highest BCUT2D eigenvalue weighted by Crippen LogP contribution is 2.39. The third-order valence-electron chi connectivity index (χ3n) is 5.43. The Morgan fingerprint density at radius 2 is 1.90 bits per heavy atom. The van der Waals surface area contributed by atoms with Gasteiger partial charge in [-0.05, 0) is 29.0 Å². The molecule has 7 heteroatoms. The van der Waals surface area contributed by atoms with Crippen LogP contribution in [0.2, 0.25) is 5.02 Å². The van der Waals surface area contributed by atoms with Gasteiger partial charge in [0.1, 0.15) is 13.2 Å². The Bertz CT molecular complexity index is 1070. The fourth-order valence-corrected chi connectivity index (χ4v) is 5.20. The molecule has 1 atom stereocenters. The summed E-state index contributed by atoms with van der Waals surface area (Å²) in [4.78, 5) is 16.6. The van der Waals surface area contributed by atoms with Crippen LogP contribution in [0.3, 0.4) is 0 Å². The standard InChI is InChI=1S/C23H21ClN2O3S/c24-17-12-19-20(29-10-9-28-19)13-18(17)25-22(27)14-26-8-6-21-16(7-11-30-21)23(26)15-4-2-1-3-5-15/h1-5,7,11-13,23H,6,8-10,14H2,(H,25,27). The molecule has 1 aromatic heterocycles. The van der Waals surface area contributed by atoms with Crippen LogP contribution < -0.4 is 14.8 Å². The number of hydrogen-bond acceptors (Lipinski definition) is 5. The van der Waals surface area contributed by atoms with Crippen LogP contribution in [0.4, 0.5) is 5.69 Å². The maximum absolute atomic E-state index is 12.9. The minimum atomic E-state index is -0.104. The van der Waals surface area contributed by atoms with Crippen LogP contribution in [0, 0.1) is 0 Å². The number of carbonyl (C=O) groups excluding carboxylic acids is 1. The van der Waals surface area contributed by atoms with Crippen LogP contribution in [0.1, 0.15) is 22.0 Å². The lowest BCUT2D eigenvalue weighted by Gasteiger charge is -2.35. The molecule has 1 unspecified atom stereocenters. The van der Waals surface area contributed by atoms with Crippen molar-refractivity contribution in [2.45, 2.75) is 12.5 Å². The number of nitrogens with one attached hydrogen (secondary N) is 1. The molecule has 5 rings (SSSR count). The Morgan fingerprint density at radius 3 is 2.70 bits per heavy atom. The van der Waals surface area contributed by atoms with Crippen molar-refractivity contribution < 1.29 is 14.3 Å². The van der Waals surface area contributed by atoms with Crippen molar-refractivity contribution in [1.82, 2.24) is 4.90 Å². The van der Waals surface area contributed by atoms with E-state index in [0.717, 1.165) is 13.0 Å². The van der Waals surface area contributed by atoms with Gasteiger partial charge >= 0.3 is 0 Å². The summed E-state index contributed by atoms with van der Waals surface area (Å²) in [5.41, 5.74) is 3.03. The van der Waals surface area contributed by atoms with Crippen molar-refractivity contribution in [3.8, 4) is 11.5 Å². The maximum Gasteiger partial charge on any atom is 0.238 e. The lowest BCUT2D eigenvalue weighted by atomic mass is 9.93. The van der Waals surface area contributed by atoms with Crippen molar-refractivity contribution in [3.63, 3.8) is 0 Å². The van der Waals surface area contributed by atoms with E-state index in [2.05, 4.69) is 33.8 Å². The first-order chi connectivity index (χ1) is 14.7. The molecule has 1 amide bonds. The van der Waals surface area contributed by atoms with Gasteiger partial charge in [-0.2, -0.15) is 0 Å². The van der Waals surface area contributed by atoms with Gasteiger partial charge < -0.3 is 14.8 Å². The Labute approximate surface area is 184 Å². The second kappa shape index (κ2) is 8.30. The molecule has 0 fully saturated rings. The van der Waals surface area contributed by atoms with Crippen molar-refractivity contribution in [1.29, 1.82) is 0 Å². The molecule has 2 aromatic carbocycles. The molecule has 3 heterocycles. The van der Waals surface area contributed by atoms with Gasteiger partial charge in [0.15, 0.2) is 11.5 Å². The first kappa shape index (κ1) is 19.4. The number of ether oxygens (including phenoxy) is 2. The molecule has 0 bridgehead atoms. The van der Waals surface area contributed by atoms with Crippen LogP contribution in [0.15, 0.2) is 53.9 Å². The molecule has 0 saturated heterocycles. The summed E-state index contributed by atoms with van der Waals surface area (Å²) >= 11 is 8.15. The highest BCUT2D eigenvalue weighted by Gasteiger charge is 2.31. The number of hydrogen-bond donors (Lipinski definition) is 1. The highest BCUT2D eigenvalue weighted by molar-refractivity contribution is 7.10. The van der Waals surface area contributed by atoms with E-state index in [1.165, 1.54) is 16.0 Å². The largest absolute Gasteiger partial charge is 0.486 e. The van der Waals surface area contributed by atoms with Gasteiger partial charge in [0, 0.05) is 23.6 Å². The fourth-order valence-electron chi connectivity index (χ4n) is 4.10. The van der Waals surface area contributed by atoms with Gasteiger partial charge in [-0.1, -0.05) is 41.9 Å². The molecule has 0 radical (unpaired) electrons. The van der Waals surface area contributed by atoms with E-state index in [0.29, 0.717) is 35.4 Å². The molecule has 5 nitrogen and oxygen atoms in total. The van der Waals surface area contributed by atoms with Gasteiger partial charge in [-0.25, -0.2) is 0 Å². The number of halogens is 1. The predicted octanol–water partition coefficient (Wildman–Crippen LogP) is 4.76. The number of thiophene rings is 1. The Morgan fingerprint density at radius 1 is 1.13 bits per heavy atom. The SMILES string of the molecule is O=C(CN1CCc2sccc2C1c1ccccc1)Nc1cc2c(cc1Cl)OCCO2. The van der Waals surface area contributed by atoms with Crippen molar-refractivity contribution in [2.75, 3.05) is 31.6 Å². The molecule has 30 heavy (non-hydrogen) atoms. The minimum absolute atomic E-state index is 0.0719. The highest BCUT2D eigenvalue weighted by atomic mass is 35.5. The summed E-state index contributed by atoms with van der Waals surface area (Å²) in [5.74, 6) is 1.10. The lowest BCUT2D eigenvalue weighted by molar-refractivity contribution is -0.117. The number of nitrogens with zero attached hydrogens (tertiary/aromatic N) is 1. The van der Waals surface area contributed by atoms with E-state index in [1.807, 2.05) is 18.2 Å². The van der Waals surface area contributed by atoms with Crippen LogP contribution in [0.25, 0.3) is 0 Å². The summed E-state index contributed by atoms with van der Waals surface area (Å²) in [7, 11) is 0. The first-order valence-corrected chi connectivity index (χ1v) is 11.2. The molecular weight excluding hydrogens is 420 g/mol. The molecule has 0 aliphatic carbocycles. The molecule has 3 aromatic rings. The molecule has 0 saturated carbocycles. The van der Waals surface area contributed by atoms with E-state index < -0.39 is 0 Å². The zero-order chi connectivity index (χ0) is 20.5. The Kier molecular flexibility index (Phi) is 5.37. The minimum Gasteiger partial charge on any atom is -0.486 e. The van der Waals surface area contributed by atoms with E-state index in [-0.39, 0.29) is 18.5 Å². The van der Waals surface area contributed by atoms with E-state index in [9.17, 15) is 4.79 Å². The number of rotatable bonds is 4. The van der Waals surface area contributed by atoms with Gasteiger partial charge in [-0.3, -0.25) is 9.69 Å². The fraction of sp³-hybridized carbons (Fsp3) is 0.261. The van der Waals surface area contributed by atoms with Gasteiger partial charge in [-0.15, -0.1) is 11.3 Å². The number of carbonyl (C=O) groups is 1. The number of fused-ring (bicyclic) bond motifs is 2. The third-order valence-corrected chi connectivity index (χ3v) is 6.74. The summed E-state index contributed by atoms with van der Waals surface area (Å²) in [6, 6.07) is 16.0. The van der Waals surface area contributed by atoms with Crippen LogP contribution in [-0.2, 0) is 11.2 Å². The normalized spacial score (nSPS) is 18.0. The van der Waals surface area contributed by atoms with Crippen molar-refractivity contribution >= 4 is 34.5 Å². The van der Waals surface area contributed by atoms with Crippen LogP contribution >= 0.6 is 22.9 Å². The monoisotopic (exact) mass is 440 g/mol. The number of amides is 1. The lowest BCUT2D eigenvalue weighted by Crippen LogP contribution is -2.40. The Balaban J connectivity index is 1.36. The molecule has 0 spiro atoms. The summed E-state index contributed by atoms with van der Waals surface area (Å²) < 4.78 is 11.2. The van der Waals surface area contributed by atoms with Gasteiger partial charge in [0.05, 0.1) is 23.3 Å². The second-order valence-electron chi connectivity index (χ2n) is 7.36. The molecule has 2 aliphatic rings. The maximum atomic E-state index is 12.9. The predicted molar refractivity (Wildman–Crippen MR) is 119 cm³/mol. The number of benzene rings is 2. The van der Waals surface area contributed by atoms with Crippen molar-refractivity contribution in [3.05, 3.63) is 74.9 Å². The Hall–Kier alpha value is -2.54. The molecule has 2 aliphatic heterocycles. The topological polar surface area (TPSA) is 50.8 Å². The summed E-state index contributed by atoms with van der Waals surface area (Å²) in [6.45, 7) is 2.09. The van der Waals surface area contributed by atoms with Crippen molar-refractivity contribution in [2.24, 2.45) is 0 Å². The van der Waals surface area contributed by atoms with Crippen LogP contribution in [0.5, 0.6) is 11.5 Å². The smallest absolute Gasteiger partial charge is 0.238 e. The van der Waals surface area contributed by atoms with E-state index in [1.54, 1.807) is 23.5 Å². The van der Waals surface area contributed by atoms with Gasteiger partial charge in [0.2, 0.25) is 5.91 Å². The number of anilines is 1. The van der Waals surface area contributed by atoms with Gasteiger partial charge in [0.25, 0.3) is 0 Å². The summed E-state index contributed by atoms with van der Waals surface area (Å²) in [5, 5.41) is 5.53. The van der Waals surface area contributed by atoms with E-state index in [4.69, 9.17) is 21.1 Å². The average molecular weight is 441 g/mol. The second-order valence-corrected chi connectivity index (χ2v) is 8.76.